The first kappa shape index (κ1) is 31.1. The molecule has 1 amide bonds. The van der Waals surface area contributed by atoms with Crippen LogP contribution in [0, 0.1) is 11.6 Å². The molecule has 47 heavy (non-hydrogen) atoms. The van der Waals surface area contributed by atoms with E-state index in [0.29, 0.717) is 29.2 Å². The van der Waals surface area contributed by atoms with Crippen molar-refractivity contribution in [3.05, 3.63) is 88.7 Å². The van der Waals surface area contributed by atoms with Crippen molar-refractivity contribution in [3.8, 4) is 39.5 Å². The number of rotatable bonds is 6. The van der Waals surface area contributed by atoms with E-state index < -0.39 is 23.4 Å². The SMILES string of the molecule is C=C(F)C(=O)N1Cc2cc(-c3nc(-c4ccc5c(c4)CCN(C)C5)c4ccsc4c3-c3c(F)cc(F)cc3OC(C)C)nn2C[C@H]1C. The highest BCUT2D eigenvalue weighted by Gasteiger charge is 2.32. The Hall–Kier alpha value is -4.48. The number of carbonyl (C=O) groups is 1. The second-order valence-corrected chi connectivity index (χ2v) is 13.6. The number of nitrogens with zero attached hydrogens (tertiary/aromatic N) is 5. The van der Waals surface area contributed by atoms with Crippen molar-refractivity contribution in [2.75, 3.05) is 13.6 Å². The lowest BCUT2D eigenvalue weighted by Gasteiger charge is -2.33. The van der Waals surface area contributed by atoms with Gasteiger partial charge < -0.3 is 14.5 Å². The van der Waals surface area contributed by atoms with Crippen LogP contribution in [0.3, 0.4) is 0 Å². The number of pyridine rings is 1. The third-order valence-electron chi connectivity index (χ3n) is 8.82. The Kier molecular flexibility index (Phi) is 7.92. The minimum Gasteiger partial charge on any atom is -0.490 e. The molecule has 2 aliphatic heterocycles. The lowest BCUT2D eigenvalue weighted by Crippen LogP contribution is -2.45. The molecule has 0 fully saturated rings. The summed E-state index contributed by atoms with van der Waals surface area (Å²) in [6.45, 7) is 10.9. The van der Waals surface area contributed by atoms with E-state index >= 15 is 4.39 Å². The monoisotopic (exact) mass is 657 g/mol. The Bertz CT molecular complexity index is 2070. The van der Waals surface area contributed by atoms with Crippen molar-refractivity contribution < 1.29 is 22.7 Å². The van der Waals surface area contributed by atoms with Crippen molar-refractivity contribution >= 4 is 27.3 Å². The molecule has 5 heterocycles. The van der Waals surface area contributed by atoms with Gasteiger partial charge >= 0.3 is 0 Å². The zero-order valence-corrected chi connectivity index (χ0v) is 27.4. The van der Waals surface area contributed by atoms with Crippen LogP contribution in [0.25, 0.3) is 43.9 Å². The lowest BCUT2D eigenvalue weighted by atomic mass is 9.93. The quantitative estimate of drug-likeness (QED) is 0.175. The van der Waals surface area contributed by atoms with Gasteiger partial charge in [0.25, 0.3) is 5.91 Å². The van der Waals surface area contributed by atoms with Gasteiger partial charge in [-0.2, -0.15) is 5.10 Å². The van der Waals surface area contributed by atoms with Gasteiger partial charge in [0, 0.05) is 52.5 Å². The van der Waals surface area contributed by atoms with Gasteiger partial charge in [-0.05, 0) is 68.9 Å². The van der Waals surface area contributed by atoms with E-state index in [1.54, 1.807) is 24.6 Å². The number of halogens is 3. The summed E-state index contributed by atoms with van der Waals surface area (Å²) in [6.07, 6.45) is 0.565. The van der Waals surface area contributed by atoms with Crippen LogP contribution in [-0.2, 0) is 30.8 Å². The molecule has 5 aromatic rings. The van der Waals surface area contributed by atoms with Crippen molar-refractivity contribution in [1.29, 1.82) is 0 Å². The molecule has 0 saturated heterocycles. The summed E-state index contributed by atoms with van der Waals surface area (Å²) in [4.78, 5) is 21.5. The molecule has 3 aromatic heterocycles. The molecule has 0 bridgehead atoms. The van der Waals surface area contributed by atoms with Gasteiger partial charge in [-0.1, -0.05) is 18.7 Å². The van der Waals surface area contributed by atoms with E-state index in [-0.39, 0.29) is 30.0 Å². The fraction of sp³-hybridized carbons (Fsp3) is 0.306. The van der Waals surface area contributed by atoms with Gasteiger partial charge in [0.2, 0.25) is 0 Å². The van der Waals surface area contributed by atoms with Gasteiger partial charge in [0.05, 0.1) is 36.1 Å². The topological polar surface area (TPSA) is 63.5 Å². The van der Waals surface area contributed by atoms with Gasteiger partial charge in [-0.25, -0.2) is 18.2 Å². The maximum Gasteiger partial charge on any atom is 0.282 e. The average molecular weight is 658 g/mol. The standard InChI is InChI=1S/C36H34F3N5O2S/c1-19(2)46-30-14-25(38)13-28(39)31(30)32-34(29-15-26-18-43(36(45)21(4)37)20(3)16-44(26)41-29)40-33(27-9-11-47-35(27)32)23-6-7-24-17-42(5)10-8-22(24)12-23/h6-7,9,11-15,19-20H,4,8,10,16-18H2,1-3,5H3/t20-/m1/s1. The summed E-state index contributed by atoms with van der Waals surface area (Å²) < 4.78 is 53.1. The first-order valence-electron chi connectivity index (χ1n) is 15.6. The molecular weight excluding hydrogens is 623 g/mol. The third kappa shape index (κ3) is 5.61. The molecule has 7 rings (SSSR count). The number of fused-ring (bicyclic) bond motifs is 3. The van der Waals surface area contributed by atoms with Gasteiger partial charge in [-0.3, -0.25) is 9.48 Å². The maximum absolute atomic E-state index is 16.1. The van der Waals surface area contributed by atoms with Crippen LogP contribution in [0.15, 0.2) is 60.3 Å². The van der Waals surface area contributed by atoms with Crippen molar-refractivity contribution in [2.24, 2.45) is 0 Å². The Labute approximate surface area is 274 Å². The van der Waals surface area contributed by atoms with Crippen LogP contribution in [0.5, 0.6) is 5.75 Å². The highest BCUT2D eigenvalue weighted by molar-refractivity contribution is 7.18. The second-order valence-electron chi connectivity index (χ2n) is 12.6. The largest absolute Gasteiger partial charge is 0.490 e. The van der Waals surface area contributed by atoms with Gasteiger partial charge in [0.15, 0.2) is 5.83 Å². The van der Waals surface area contributed by atoms with E-state index in [2.05, 4.69) is 36.7 Å². The lowest BCUT2D eigenvalue weighted by molar-refractivity contribution is -0.132. The predicted molar refractivity (Wildman–Crippen MR) is 178 cm³/mol. The summed E-state index contributed by atoms with van der Waals surface area (Å²) in [7, 11) is 2.11. The van der Waals surface area contributed by atoms with Crippen molar-refractivity contribution in [2.45, 2.75) is 59.0 Å². The van der Waals surface area contributed by atoms with Crippen LogP contribution in [-0.4, -0.2) is 56.2 Å². The first-order chi connectivity index (χ1) is 22.5. The van der Waals surface area contributed by atoms with Gasteiger partial charge in [0.1, 0.15) is 28.8 Å². The minimum atomic E-state index is -1.03. The molecule has 1 atom stereocenters. The molecular formula is C36H34F3N5O2S. The summed E-state index contributed by atoms with van der Waals surface area (Å²) in [5, 5.41) is 7.67. The number of benzene rings is 2. The first-order valence-corrected chi connectivity index (χ1v) is 16.5. The van der Waals surface area contributed by atoms with Crippen LogP contribution in [0.1, 0.15) is 37.6 Å². The van der Waals surface area contributed by atoms with Crippen LogP contribution in [0.2, 0.25) is 0 Å². The number of hydrogen-bond acceptors (Lipinski definition) is 6. The highest BCUT2D eigenvalue weighted by Crippen LogP contribution is 2.47. The van der Waals surface area contributed by atoms with E-state index in [0.717, 1.165) is 46.9 Å². The normalized spacial score (nSPS) is 16.4. The van der Waals surface area contributed by atoms with Crippen LogP contribution >= 0.6 is 11.3 Å². The summed E-state index contributed by atoms with van der Waals surface area (Å²) in [5.41, 5.74) is 6.25. The molecule has 11 heteroatoms. The summed E-state index contributed by atoms with van der Waals surface area (Å²) in [6, 6.07) is 11.9. The Morgan fingerprint density at radius 3 is 2.64 bits per heavy atom. The van der Waals surface area contributed by atoms with E-state index in [1.165, 1.54) is 33.4 Å². The molecule has 2 aromatic carbocycles. The molecule has 0 aliphatic carbocycles. The molecule has 0 N–H and O–H groups in total. The number of carbonyl (C=O) groups excluding carboxylic acids is 1. The minimum absolute atomic E-state index is 0.0664. The number of aromatic nitrogens is 3. The number of thiophene rings is 1. The van der Waals surface area contributed by atoms with Gasteiger partial charge in [-0.15, -0.1) is 11.3 Å². The molecule has 0 radical (unpaired) electrons. The zero-order chi connectivity index (χ0) is 33.1. The number of hydrogen-bond donors (Lipinski definition) is 0. The van der Waals surface area contributed by atoms with E-state index in [4.69, 9.17) is 14.8 Å². The number of ether oxygens (including phenoxy) is 1. The van der Waals surface area contributed by atoms with Crippen LogP contribution < -0.4 is 4.74 Å². The number of likely N-dealkylation sites (N-methyl/N-ethyl adjacent to an activating group) is 1. The molecule has 0 unspecified atom stereocenters. The summed E-state index contributed by atoms with van der Waals surface area (Å²) in [5.74, 6) is -3.25. The highest BCUT2D eigenvalue weighted by atomic mass is 32.1. The average Bonchev–Trinajstić information content (AvgIpc) is 3.66. The molecule has 242 valence electrons. The number of amides is 1. The Morgan fingerprint density at radius 1 is 1.06 bits per heavy atom. The van der Waals surface area contributed by atoms with Crippen molar-refractivity contribution in [1.82, 2.24) is 24.6 Å². The van der Waals surface area contributed by atoms with E-state index in [9.17, 15) is 13.6 Å². The fourth-order valence-electron chi connectivity index (χ4n) is 6.61. The van der Waals surface area contributed by atoms with Crippen molar-refractivity contribution in [3.63, 3.8) is 0 Å². The molecule has 2 aliphatic rings. The summed E-state index contributed by atoms with van der Waals surface area (Å²) >= 11 is 1.44. The molecule has 7 nitrogen and oxygen atoms in total. The smallest absolute Gasteiger partial charge is 0.282 e. The zero-order valence-electron chi connectivity index (χ0n) is 26.6. The maximum atomic E-state index is 16.1. The molecule has 0 spiro atoms. The fourth-order valence-corrected chi connectivity index (χ4v) is 7.55. The second kappa shape index (κ2) is 12.0. The Balaban J connectivity index is 1.48. The third-order valence-corrected chi connectivity index (χ3v) is 9.75. The Morgan fingerprint density at radius 2 is 1.87 bits per heavy atom. The predicted octanol–water partition coefficient (Wildman–Crippen LogP) is 7.76. The van der Waals surface area contributed by atoms with E-state index in [1.807, 2.05) is 18.4 Å². The molecule has 0 saturated carbocycles. The van der Waals surface area contributed by atoms with Crippen LogP contribution in [0.4, 0.5) is 13.2 Å².